The highest BCUT2D eigenvalue weighted by molar-refractivity contribution is 5.73. The van der Waals surface area contributed by atoms with Gasteiger partial charge in [0, 0.05) is 6.21 Å². The Hall–Kier alpha value is -1.10. The van der Waals surface area contributed by atoms with E-state index in [1.54, 1.807) is 0 Å². The van der Waals surface area contributed by atoms with Gasteiger partial charge >= 0.3 is 5.97 Å². The molecule has 5 heteroatoms. The molecule has 10 heavy (non-hydrogen) atoms. The predicted molar refractivity (Wildman–Crippen MR) is 35.1 cm³/mol. The summed E-state index contributed by atoms with van der Waals surface area (Å²) < 4.78 is 0. The third kappa shape index (κ3) is 3.85. The number of hydrogen-bond donors (Lipinski definition) is 3. The average molecular weight is 146 g/mol. The van der Waals surface area contributed by atoms with Gasteiger partial charge in [0.25, 0.3) is 0 Å². The minimum absolute atomic E-state index is 0.291. The molecule has 5 nitrogen and oxygen atoms in total. The van der Waals surface area contributed by atoms with Crippen molar-refractivity contribution in [3.8, 4) is 0 Å². The van der Waals surface area contributed by atoms with Crippen LogP contribution in [-0.2, 0) is 4.79 Å². The largest absolute Gasteiger partial charge is 0.480 e. The highest BCUT2D eigenvalue weighted by Crippen LogP contribution is 1.90. The van der Waals surface area contributed by atoms with Crippen LogP contribution in [0.2, 0.25) is 0 Å². The zero-order valence-corrected chi connectivity index (χ0v) is 5.40. The summed E-state index contributed by atoms with van der Waals surface area (Å²) in [6, 6.07) is -0.863. The van der Waals surface area contributed by atoms with Gasteiger partial charge in [-0.2, -0.15) is 0 Å². The van der Waals surface area contributed by atoms with Crippen LogP contribution in [0.1, 0.15) is 12.8 Å². The summed E-state index contributed by atoms with van der Waals surface area (Å²) in [5.41, 5.74) is 5.11. The van der Waals surface area contributed by atoms with E-state index < -0.39 is 12.0 Å². The Balaban J connectivity index is 3.39. The van der Waals surface area contributed by atoms with E-state index in [0.29, 0.717) is 12.8 Å². The minimum atomic E-state index is -1.04. The summed E-state index contributed by atoms with van der Waals surface area (Å²) in [6.07, 6.45) is 1.88. The molecule has 0 aliphatic rings. The van der Waals surface area contributed by atoms with Gasteiger partial charge in [-0.25, -0.2) is 0 Å². The lowest BCUT2D eigenvalue weighted by molar-refractivity contribution is -0.138. The third-order valence-corrected chi connectivity index (χ3v) is 1.01. The Morgan fingerprint density at radius 3 is 2.80 bits per heavy atom. The molecule has 0 spiro atoms. The van der Waals surface area contributed by atoms with Gasteiger partial charge in [-0.15, -0.1) is 5.16 Å². The van der Waals surface area contributed by atoms with Crippen molar-refractivity contribution in [2.24, 2.45) is 10.9 Å². The number of rotatable bonds is 4. The topological polar surface area (TPSA) is 95.9 Å². The lowest BCUT2D eigenvalue weighted by atomic mass is 10.2. The fourth-order valence-corrected chi connectivity index (χ4v) is 0.435. The first kappa shape index (κ1) is 8.90. The van der Waals surface area contributed by atoms with Gasteiger partial charge in [-0.1, -0.05) is 0 Å². The first-order chi connectivity index (χ1) is 4.68. The Labute approximate surface area is 58.1 Å². The van der Waals surface area contributed by atoms with E-state index in [1.165, 1.54) is 6.21 Å². The van der Waals surface area contributed by atoms with Crippen LogP contribution in [0.5, 0.6) is 0 Å². The van der Waals surface area contributed by atoms with Crippen LogP contribution in [0.3, 0.4) is 0 Å². The summed E-state index contributed by atoms with van der Waals surface area (Å²) in [5.74, 6) is -1.04. The number of carbonyl (C=O) groups is 1. The summed E-state index contributed by atoms with van der Waals surface area (Å²) in [6.45, 7) is 0. The molecule has 58 valence electrons. The van der Waals surface area contributed by atoms with Crippen LogP contribution in [-0.4, -0.2) is 28.5 Å². The lowest BCUT2D eigenvalue weighted by Crippen LogP contribution is -2.29. The summed E-state index contributed by atoms with van der Waals surface area (Å²) in [4.78, 5) is 10.1. The van der Waals surface area contributed by atoms with Crippen LogP contribution in [0.25, 0.3) is 0 Å². The molecule has 0 aromatic rings. The zero-order valence-electron chi connectivity index (χ0n) is 5.40. The maximum Gasteiger partial charge on any atom is 0.320 e. The molecule has 1 atom stereocenters. The first-order valence-electron chi connectivity index (χ1n) is 2.82. The molecule has 0 saturated heterocycles. The minimum Gasteiger partial charge on any atom is -0.480 e. The van der Waals surface area contributed by atoms with Crippen LogP contribution >= 0.6 is 0 Å². The zero-order chi connectivity index (χ0) is 7.98. The molecule has 0 aromatic heterocycles. The lowest BCUT2D eigenvalue weighted by Gasteiger charge is -2.00. The van der Waals surface area contributed by atoms with Gasteiger partial charge < -0.3 is 16.0 Å². The monoisotopic (exact) mass is 146 g/mol. The number of nitrogens with two attached hydrogens (primary N) is 1. The van der Waals surface area contributed by atoms with Gasteiger partial charge in [-0.05, 0) is 12.8 Å². The normalized spacial score (nSPS) is 13.7. The standard InChI is InChI=1S/C5H10N2O3/c6-4(5(8)9)2-1-3-7-10/h3-4,10H,1-2,6H2,(H,8,9)/b7-3+. The van der Waals surface area contributed by atoms with Gasteiger partial charge in [-0.3, -0.25) is 4.79 Å². The van der Waals surface area contributed by atoms with Crippen LogP contribution < -0.4 is 5.73 Å². The van der Waals surface area contributed by atoms with Crippen molar-refractivity contribution < 1.29 is 15.1 Å². The van der Waals surface area contributed by atoms with Crippen molar-refractivity contribution in [2.45, 2.75) is 18.9 Å². The van der Waals surface area contributed by atoms with Crippen molar-refractivity contribution >= 4 is 12.2 Å². The number of carboxylic acid groups (broad SMARTS) is 1. The van der Waals surface area contributed by atoms with Gasteiger partial charge in [0.1, 0.15) is 6.04 Å². The van der Waals surface area contributed by atoms with Gasteiger partial charge in [0.15, 0.2) is 0 Å². The fourth-order valence-electron chi connectivity index (χ4n) is 0.435. The Morgan fingerprint density at radius 1 is 1.80 bits per heavy atom. The van der Waals surface area contributed by atoms with E-state index in [9.17, 15) is 4.79 Å². The number of nitrogens with zero attached hydrogens (tertiary/aromatic N) is 1. The molecule has 0 aliphatic heterocycles. The smallest absolute Gasteiger partial charge is 0.320 e. The molecule has 0 aromatic carbocycles. The number of oxime groups is 1. The SMILES string of the molecule is NC(CC/C=N/O)C(=O)O. The molecule has 0 amide bonds. The number of aliphatic carboxylic acids is 1. The van der Waals surface area contributed by atoms with E-state index >= 15 is 0 Å². The molecule has 0 aliphatic carbocycles. The highest BCUT2D eigenvalue weighted by Gasteiger charge is 2.08. The van der Waals surface area contributed by atoms with Crippen molar-refractivity contribution in [3.05, 3.63) is 0 Å². The van der Waals surface area contributed by atoms with Crippen molar-refractivity contribution in [1.82, 2.24) is 0 Å². The third-order valence-electron chi connectivity index (χ3n) is 1.01. The Bertz CT molecular complexity index is 135. The van der Waals surface area contributed by atoms with E-state index in [4.69, 9.17) is 16.0 Å². The molecule has 0 saturated carbocycles. The van der Waals surface area contributed by atoms with Crippen LogP contribution in [0.15, 0.2) is 5.16 Å². The highest BCUT2D eigenvalue weighted by atomic mass is 16.4. The summed E-state index contributed by atoms with van der Waals surface area (Å²) in [7, 11) is 0. The second-order valence-electron chi connectivity index (χ2n) is 1.82. The van der Waals surface area contributed by atoms with Crippen molar-refractivity contribution in [3.63, 3.8) is 0 Å². The molecule has 0 fully saturated rings. The first-order valence-corrected chi connectivity index (χ1v) is 2.82. The van der Waals surface area contributed by atoms with Gasteiger partial charge in [0.2, 0.25) is 0 Å². The maximum absolute atomic E-state index is 10.1. The fraction of sp³-hybridized carbons (Fsp3) is 0.600. The molecular weight excluding hydrogens is 136 g/mol. The molecule has 0 heterocycles. The van der Waals surface area contributed by atoms with E-state index in [1.807, 2.05) is 0 Å². The molecular formula is C5H10N2O3. The van der Waals surface area contributed by atoms with Crippen LogP contribution in [0.4, 0.5) is 0 Å². The average Bonchev–Trinajstić information content (AvgIpc) is 1.88. The summed E-state index contributed by atoms with van der Waals surface area (Å²) in [5, 5.41) is 18.8. The molecule has 4 N–H and O–H groups in total. The number of carboxylic acids is 1. The van der Waals surface area contributed by atoms with E-state index in [2.05, 4.69) is 5.16 Å². The molecule has 1 unspecified atom stereocenters. The van der Waals surface area contributed by atoms with Crippen molar-refractivity contribution in [1.29, 1.82) is 0 Å². The molecule has 0 radical (unpaired) electrons. The maximum atomic E-state index is 10.1. The predicted octanol–water partition coefficient (Wildman–Crippen LogP) is -0.362. The molecule has 0 bridgehead atoms. The Morgan fingerprint density at radius 2 is 2.40 bits per heavy atom. The van der Waals surface area contributed by atoms with Gasteiger partial charge in [0.05, 0.1) is 0 Å². The van der Waals surface area contributed by atoms with E-state index in [-0.39, 0.29) is 0 Å². The number of hydrogen-bond acceptors (Lipinski definition) is 4. The second kappa shape index (κ2) is 4.75. The Kier molecular flexibility index (Phi) is 4.23. The quantitative estimate of drug-likeness (QED) is 0.286. The van der Waals surface area contributed by atoms with Crippen LogP contribution in [0, 0.1) is 0 Å². The van der Waals surface area contributed by atoms with E-state index in [0.717, 1.165) is 0 Å². The summed E-state index contributed by atoms with van der Waals surface area (Å²) >= 11 is 0. The second-order valence-corrected chi connectivity index (χ2v) is 1.82. The van der Waals surface area contributed by atoms with Crippen molar-refractivity contribution in [2.75, 3.05) is 0 Å². The molecule has 0 rings (SSSR count).